The molecule has 2 unspecified atom stereocenters. The highest BCUT2D eigenvalue weighted by molar-refractivity contribution is 6.33. The van der Waals surface area contributed by atoms with Crippen molar-refractivity contribution in [1.82, 2.24) is 0 Å². The van der Waals surface area contributed by atoms with Crippen LogP contribution in [-0.2, 0) is 4.74 Å². The Hall–Kier alpha value is -0.930. The number of para-hydroxylation sites is 1. The van der Waals surface area contributed by atoms with Gasteiger partial charge in [-0.2, -0.15) is 0 Å². The first-order valence-electron chi connectivity index (χ1n) is 5.10. The average molecular weight is 227 g/mol. The molecule has 2 atom stereocenters. The summed E-state index contributed by atoms with van der Waals surface area (Å²) in [4.78, 5) is 0. The number of ether oxygens (including phenoxy) is 1. The number of nitrogen functional groups attached to an aromatic ring is 1. The summed E-state index contributed by atoms with van der Waals surface area (Å²) in [6.07, 6.45) is 1.20. The van der Waals surface area contributed by atoms with E-state index in [-0.39, 0.29) is 6.10 Å². The molecule has 3 nitrogen and oxygen atoms in total. The number of benzene rings is 1. The van der Waals surface area contributed by atoms with E-state index in [0.717, 1.165) is 18.7 Å². The predicted octanol–water partition coefficient (Wildman–Crippen LogP) is 2.51. The molecule has 1 aromatic rings. The molecule has 4 heteroatoms. The smallest absolute Gasteiger partial charge is 0.0766 e. The molecule has 1 saturated heterocycles. The molecule has 1 fully saturated rings. The summed E-state index contributed by atoms with van der Waals surface area (Å²) in [5.74, 6) is 0. The van der Waals surface area contributed by atoms with Gasteiger partial charge < -0.3 is 15.8 Å². The number of hydrogen-bond donors (Lipinski definition) is 2. The van der Waals surface area contributed by atoms with Crippen molar-refractivity contribution in [2.75, 3.05) is 17.7 Å². The fraction of sp³-hybridized carbons (Fsp3) is 0.455. The third kappa shape index (κ3) is 2.19. The van der Waals surface area contributed by atoms with Gasteiger partial charge in [-0.25, -0.2) is 0 Å². The number of rotatable bonds is 2. The zero-order chi connectivity index (χ0) is 10.8. The van der Waals surface area contributed by atoms with Gasteiger partial charge in [-0.3, -0.25) is 0 Å². The molecule has 1 heterocycles. The Kier molecular flexibility index (Phi) is 3.03. The molecule has 1 aliphatic heterocycles. The standard InChI is InChI=1S/C11H15ClN2O/c1-7-10(5-6-15-7)14-11-8(12)3-2-4-9(11)13/h2-4,7,10,14H,5-6,13H2,1H3. The molecular weight excluding hydrogens is 212 g/mol. The van der Waals surface area contributed by atoms with E-state index in [9.17, 15) is 0 Å². The lowest BCUT2D eigenvalue weighted by Crippen LogP contribution is -2.27. The Morgan fingerprint density at radius 1 is 1.53 bits per heavy atom. The number of anilines is 2. The summed E-state index contributed by atoms with van der Waals surface area (Å²) in [5.41, 5.74) is 7.36. The molecule has 0 amide bonds. The SMILES string of the molecule is CC1OCCC1Nc1c(N)cccc1Cl. The molecule has 3 N–H and O–H groups in total. The van der Waals surface area contributed by atoms with Crippen LogP contribution >= 0.6 is 11.6 Å². The van der Waals surface area contributed by atoms with Crippen LogP contribution in [0, 0.1) is 0 Å². The van der Waals surface area contributed by atoms with E-state index in [1.807, 2.05) is 18.2 Å². The molecule has 0 aliphatic carbocycles. The van der Waals surface area contributed by atoms with Crippen LogP contribution in [0.1, 0.15) is 13.3 Å². The monoisotopic (exact) mass is 226 g/mol. The van der Waals surface area contributed by atoms with Gasteiger partial charge in [-0.05, 0) is 25.5 Å². The van der Waals surface area contributed by atoms with Crippen molar-refractivity contribution in [3.63, 3.8) is 0 Å². The van der Waals surface area contributed by atoms with Gasteiger partial charge in [0, 0.05) is 6.61 Å². The molecule has 82 valence electrons. The maximum absolute atomic E-state index is 6.07. The first-order chi connectivity index (χ1) is 7.18. The van der Waals surface area contributed by atoms with Crippen molar-refractivity contribution in [3.8, 4) is 0 Å². The van der Waals surface area contributed by atoms with Crippen molar-refractivity contribution in [2.24, 2.45) is 0 Å². The summed E-state index contributed by atoms with van der Waals surface area (Å²) in [6, 6.07) is 5.82. The number of nitrogens with one attached hydrogen (secondary N) is 1. The Morgan fingerprint density at radius 2 is 2.33 bits per heavy atom. The van der Waals surface area contributed by atoms with E-state index in [1.165, 1.54) is 0 Å². The van der Waals surface area contributed by atoms with Gasteiger partial charge in [0.15, 0.2) is 0 Å². The summed E-state index contributed by atoms with van der Waals surface area (Å²) in [6.45, 7) is 2.85. The van der Waals surface area contributed by atoms with Crippen LogP contribution in [0.15, 0.2) is 18.2 Å². The lowest BCUT2D eigenvalue weighted by Gasteiger charge is -2.19. The average Bonchev–Trinajstić information content (AvgIpc) is 2.58. The lowest BCUT2D eigenvalue weighted by molar-refractivity contribution is 0.121. The molecule has 1 aliphatic rings. The van der Waals surface area contributed by atoms with Gasteiger partial charge in [-0.15, -0.1) is 0 Å². The number of nitrogens with two attached hydrogens (primary N) is 1. The van der Waals surface area contributed by atoms with Crippen LogP contribution < -0.4 is 11.1 Å². The van der Waals surface area contributed by atoms with Gasteiger partial charge in [0.25, 0.3) is 0 Å². The molecule has 1 aromatic carbocycles. The zero-order valence-electron chi connectivity index (χ0n) is 8.66. The Balaban J connectivity index is 2.16. The van der Waals surface area contributed by atoms with Crippen LogP contribution in [0.2, 0.25) is 5.02 Å². The maximum Gasteiger partial charge on any atom is 0.0766 e. The highest BCUT2D eigenvalue weighted by Crippen LogP contribution is 2.30. The van der Waals surface area contributed by atoms with Crippen molar-refractivity contribution < 1.29 is 4.74 Å². The molecule has 0 radical (unpaired) electrons. The second-order valence-corrected chi connectivity index (χ2v) is 4.23. The minimum atomic E-state index is 0.209. The second-order valence-electron chi connectivity index (χ2n) is 3.82. The van der Waals surface area contributed by atoms with Gasteiger partial charge in [0.2, 0.25) is 0 Å². The quantitative estimate of drug-likeness (QED) is 0.762. The van der Waals surface area contributed by atoms with Crippen molar-refractivity contribution in [1.29, 1.82) is 0 Å². The molecule has 0 spiro atoms. The van der Waals surface area contributed by atoms with Crippen molar-refractivity contribution >= 4 is 23.0 Å². The maximum atomic E-state index is 6.07. The summed E-state index contributed by atoms with van der Waals surface area (Å²) >= 11 is 6.07. The molecule has 15 heavy (non-hydrogen) atoms. The van der Waals surface area contributed by atoms with Gasteiger partial charge in [-0.1, -0.05) is 17.7 Å². The van der Waals surface area contributed by atoms with E-state index in [1.54, 1.807) is 0 Å². The van der Waals surface area contributed by atoms with Gasteiger partial charge in [0.1, 0.15) is 0 Å². The molecule has 2 rings (SSSR count). The summed E-state index contributed by atoms with van der Waals surface area (Å²) in [7, 11) is 0. The Morgan fingerprint density at radius 3 is 2.93 bits per heavy atom. The van der Waals surface area contributed by atoms with Gasteiger partial charge >= 0.3 is 0 Å². The predicted molar refractivity (Wildman–Crippen MR) is 63.3 cm³/mol. The lowest BCUT2D eigenvalue weighted by atomic mass is 10.1. The number of hydrogen-bond acceptors (Lipinski definition) is 3. The fourth-order valence-electron chi connectivity index (χ4n) is 1.80. The zero-order valence-corrected chi connectivity index (χ0v) is 9.42. The van der Waals surface area contributed by atoms with Gasteiger partial charge in [0.05, 0.1) is 28.5 Å². The van der Waals surface area contributed by atoms with E-state index in [0.29, 0.717) is 16.8 Å². The van der Waals surface area contributed by atoms with Crippen LogP contribution in [0.5, 0.6) is 0 Å². The van der Waals surface area contributed by atoms with E-state index >= 15 is 0 Å². The Bertz CT molecular complexity index is 336. The third-order valence-electron chi connectivity index (χ3n) is 2.75. The molecule has 0 aromatic heterocycles. The van der Waals surface area contributed by atoms with E-state index < -0.39 is 0 Å². The highest BCUT2D eigenvalue weighted by atomic mass is 35.5. The minimum Gasteiger partial charge on any atom is -0.397 e. The highest BCUT2D eigenvalue weighted by Gasteiger charge is 2.24. The summed E-state index contributed by atoms with van der Waals surface area (Å²) in [5, 5.41) is 4.01. The van der Waals surface area contributed by atoms with Crippen molar-refractivity contribution in [2.45, 2.75) is 25.5 Å². The minimum absolute atomic E-state index is 0.209. The van der Waals surface area contributed by atoms with E-state index in [2.05, 4.69) is 12.2 Å². The molecule has 0 saturated carbocycles. The largest absolute Gasteiger partial charge is 0.397 e. The number of halogens is 1. The van der Waals surface area contributed by atoms with Crippen LogP contribution in [0.3, 0.4) is 0 Å². The fourth-order valence-corrected chi connectivity index (χ4v) is 2.04. The van der Waals surface area contributed by atoms with E-state index in [4.69, 9.17) is 22.1 Å². The van der Waals surface area contributed by atoms with Crippen LogP contribution in [0.4, 0.5) is 11.4 Å². The first kappa shape index (κ1) is 10.6. The summed E-state index contributed by atoms with van der Waals surface area (Å²) < 4.78 is 5.47. The van der Waals surface area contributed by atoms with Crippen LogP contribution in [-0.4, -0.2) is 18.8 Å². The van der Waals surface area contributed by atoms with Crippen molar-refractivity contribution in [3.05, 3.63) is 23.2 Å². The molecular formula is C11H15ClN2O. The Labute approximate surface area is 94.6 Å². The topological polar surface area (TPSA) is 47.3 Å². The molecule has 0 bridgehead atoms. The third-order valence-corrected chi connectivity index (χ3v) is 3.07. The first-order valence-corrected chi connectivity index (χ1v) is 5.48. The second kappa shape index (κ2) is 4.29. The normalized spacial score (nSPS) is 25.5. The van der Waals surface area contributed by atoms with Crippen LogP contribution in [0.25, 0.3) is 0 Å².